The second-order valence-electron chi connectivity index (χ2n) is 8.52. The molecule has 1 heterocycles. The number of ether oxygens (including phenoxy) is 2. The van der Waals surface area contributed by atoms with E-state index in [0.29, 0.717) is 11.6 Å². The number of rotatable bonds is 10. The number of carbonyl (C=O) groups is 1. The molecule has 1 fully saturated rings. The first kappa shape index (κ1) is 24.6. The maximum Gasteiger partial charge on any atom is 0.225 e. The summed E-state index contributed by atoms with van der Waals surface area (Å²) in [5.41, 5.74) is 2.13. The number of hydrogen-bond acceptors (Lipinski definition) is 4. The van der Waals surface area contributed by atoms with Gasteiger partial charge in [-0.1, -0.05) is 56.1 Å². The van der Waals surface area contributed by atoms with Gasteiger partial charge in [0, 0.05) is 43.7 Å². The van der Waals surface area contributed by atoms with Crippen molar-refractivity contribution in [3.63, 3.8) is 0 Å². The molecule has 174 valence electrons. The Balaban J connectivity index is 1.64. The first-order valence-corrected chi connectivity index (χ1v) is 11.9. The number of halogens is 1. The number of hydrogen-bond donors (Lipinski definition) is 0. The lowest BCUT2D eigenvalue weighted by Crippen LogP contribution is -2.50. The summed E-state index contributed by atoms with van der Waals surface area (Å²) in [6.07, 6.45) is 1.89. The van der Waals surface area contributed by atoms with Gasteiger partial charge in [0.25, 0.3) is 0 Å². The van der Waals surface area contributed by atoms with Crippen molar-refractivity contribution >= 4 is 17.5 Å². The SMILES string of the molecule is CCCC(C)C(=O)N1CCN(CC(OCc2cccc(Cl)c2)c2cccc(OC)c2)CC1. The van der Waals surface area contributed by atoms with E-state index in [1.54, 1.807) is 7.11 Å². The molecule has 2 unspecified atom stereocenters. The molecule has 2 atom stereocenters. The van der Waals surface area contributed by atoms with Crippen molar-refractivity contribution in [1.29, 1.82) is 0 Å². The van der Waals surface area contributed by atoms with Crippen LogP contribution in [0.2, 0.25) is 5.02 Å². The summed E-state index contributed by atoms with van der Waals surface area (Å²) in [4.78, 5) is 17.1. The lowest BCUT2D eigenvalue weighted by molar-refractivity contribution is -0.137. The van der Waals surface area contributed by atoms with Gasteiger partial charge in [-0.3, -0.25) is 9.69 Å². The Morgan fingerprint density at radius 1 is 1.09 bits per heavy atom. The molecule has 5 nitrogen and oxygen atoms in total. The number of amides is 1. The van der Waals surface area contributed by atoms with E-state index in [0.717, 1.165) is 62.4 Å². The lowest BCUT2D eigenvalue weighted by Gasteiger charge is -2.37. The summed E-state index contributed by atoms with van der Waals surface area (Å²) < 4.78 is 11.8. The number of benzene rings is 2. The Kier molecular flexibility index (Phi) is 9.39. The van der Waals surface area contributed by atoms with Gasteiger partial charge in [-0.2, -0.15) is 0 Å². The van der Waals surface area contributed by atoms with Crippen LogP contribution in [0.4, 0.5) is 0 Å². The Bertz CT molecular complexity index is 868. The molecule has 32 heavy (non-hydrogen) atoms. The van der Waals surface area contributed by atoms with Crippen LogP contribution >= 0.6 is 11.6 Å². The fraction of sp³-hybridized carbons (Fsp3) is 0.500. The van der Waals surface area contributed by atoms with E-state index in [-0.39, 0.29) is 17.9 Å². The molecular weight excluding hydrogens is 424 g/mol. The third-order valence-corrected chi connectivity index (χ3v) is 6.29. The standard InChI is InChI=1S/C26H35ClN2O3/c1-4-7-20(2)26(30)29-14-12-28(13-15-29)18-25(22-9-6-11-24(17-22)31-3)32-19-21-8-5-10-23(27)16-21/h5-6,8-11,16-17,20,25H,4,7,12-15,18-19H2,1-3H3. The lowest BCUT2D eigenvalue weighted by atomic mass is 10.0. The fourth-order valence-corrected chi connectivity index (χ4v) is 4.39. The summed E-state index contributed by atoms with van der Waals surface area (Å²) in [7, 11) is 1.68. The summed E-state index contributed by atoms with van der Waals surface area (Å²) in [6.45, 7) is 8.66. The number of methoxy groups -OCH3 is 1. The number of carbonyl (C=O) groups excluding carboxylic acids is 1. The van der Waals surface area contributed by atoms with E-state index in [1.165, 1.54) is 0 Å². The molecule has 1 saturated heterocycles. The van der Waals surface area contributed by atoms with Crippen molar-refractivity contribution < 1.29 is 14.3 Å². The van der Waals surface area contributed by atoms with Gasteiger partial charge in [-0.25, -0.2) is 0 Å². The molecule has 0 N–H and O–H groups in total. The monoisotopic (exact) mass is 458 g/mol. The van der Waals surface area contributed by atoms with Crippen molar-refractivity contribution in [2.75, 3.05) is 39.8 Å². The normalized spacial score (nSPS) is 16.6. The molecule has 0 bridgehead atoms. The average Bonchev–Trinajstić information content (AvgIpc) is 2.82. The van der Waals surface area contributed by atoms with Crippen LogP contribution in [-0.2, 0) is 16.1 Å². The molecular formula is C26H35ClN2O3. The minimum atomic E-state index is -0.106. The molecule has 0 aliphatic carbocycles. The second kappa shape index (κ2) is 12.2. The molecule has 0 radical (unpaired) electrons. The Morgan fingerprint density at radius 2 is 1.84 bits per heavy atom. The molecule has 0 saturated carbocycles. The molecule has 6 heteroatoms. The summed E-state index contributed by atoms with van der Waals surface area (Å²) in [5, 5.41) is 0.710. The minimum absolute atomic E-state index is 0.106. The topological polar surface area (TPSA) is 42.0 Å². The van der Waals surface area contributed by atoms with Crippen LogP contribution in [0, 0.1) is 5.92 Å². The zero-order valence-corrected chi connectivity index (χ0v) is 20.2. The fourth-order valence-electron chi connectivity index (χ4n) is 4.17. The Hall–Kier alpha value is -2.08. The molecule has 3 rings (SSSR count). The predicted octanol–water partition coefficient (Wildman–Crippen LogP) is 5.19. The highest BCUT2D eigenvalue weighted by molar-refractivity contribution is 6.30. The van der Waals surface area contributed by atoms with Crippen LogP contribution in [0.25, 0.3) is 0 Å². The van der Waals surface area contributed by atoms with Crippen molar-refractivity contribution in [1.82, 2.24) is 9.80 Å². The maximum atomic E-state index is 12.7. The van der Waals surface area contributed by atoms with Crippen LogP contribution in [0.3, 0.4) is 0 Å². The highest BCUT2D eigenvalue weighted by Crippen LogP contribution is 2.25. The van der Waals surface area contributed by atoms with Gasteiger partial charge >= 0.3 is 0 Å². The van der Waals surface area contributed by atoms with E-state index < -0.39 is 0 Å². The van der Waals surface area contributed by atoms with Crippen LogP contribution in [0.1, 0.15) is 43.9 Å². The zero-order valence-electron chi connectivity index (χ0n) is 19.4. The first-order chi connectivity index (χ1) is 15.5. The van der Waals surface area contributed by atoms with Crippen LogP contribution < -0.4 is 4.74 Å². The van der Waals surface area contributed by atoms with Crippen LogP contribution in [-0.4, -0.2) is 55.5 Å². The Labute approximate surface area is 197 Å². The van der Waals surface area contributed by atoms with Crippen LogP contribution in [0.5, 0.6) is 5.75 Å². The number of nitrogens with zero attached hydrogens (tertiary/aromatic N) is 2. The van der Waals surface area contributed by atoms with E-state index in [2.05, 4.69) is 17.9 Å². The molecule has 2 aromatic rings. The average molecular weight is 459 g/mol. The van der Waals surface area contributed by atoms with E-state index in [9.17, 15) is 4.79 Å². The van der Waals surface area contributed by atoms with Gasteiger partial charge in [0.05, 0.1) is 19.8 Å². The molecule has 0 aromatic heterocycles. The predicted molar refractivity (Wildman–Crippen MR) is 129 cm³/mol. The summed E-state index contributed by atoms with van der Waals surface area (Å²) >= 11 is 6.14. The third-order valence-electron chi connectivity index (χ3n) is 6.06. The number of piperazine rings is 1. The van der Waals surface area contributed by atoms with Gasteiger partial charge in [-0.05, 0) is 41.8 Å². The smallest absolute Gasteiger partial charge is 0.225 e. The second-order valence-corrected chi connectivity index (χ2v) is 8.96. The first-order valence-electron chi connectivity index (χ1n) is 11.5. The van der Waals surface area contributed by atoms with E-state index in [4.69, 9.17) is 21.1 Å². The van der Waals surface area contributed by atoms with Gasteiger partial charge in [-0.15, -0.1) is 0 Å². The molecule has 2 aromatic carbocycles. The summed E-state index contributed by atoms with van der Waals surface area (Å²) in [6, 6.07) is 15.8. The van der Waals surface area contributed by atoms with Crippen LogP contribution in [0.15, 0.2) is 48.5 Å². The van der Waals surface area contributed by atoms with Crippen molar-refractivity contribution in [3.05, 3.63) is 64.7 Å². The maximum absolute atomic E-state index is 12.7. The van der Waals surface area contributed by atoms with Crippen molar-refractivity contribution in [2.24, 2.45) is 5.92 Å². The third kappa shape index (κ3) is 6.96. The summed E-state index contributed by atoms with van der Waals surface area (Å²) in [5.74, 6) is 1.21. The highest BCUT2D eigenvalue weighted by Gasteiger charge is 2.26. The van der Waals surface area contributed by atoms with Gasteiger partial charge in [0.2, 0.25) is 5.91 Å². The highest BCUT2D eigenvalue weighted by atomic mass is 35.5. The molecule has 1 amide bonds. The minimum Gasteiger partial charge on any atom is -0.497 e. The van der Waals surface area contributed by atoms with Gasteiger partial charge in [0.15, 0.2) is 0 Å². The quantitative estimate of drug-likeness (QED) is 0.491. The molecule has 1 aliphatic heterocycles. The van der Waals surface area contributed by atoms with E-state index >= 15 is 0 Å². The largest absolute Gasteiger partial charge is 0.497 e. The zero-order chi connectivity index (χ0) is 22.9. The van der Waals surface area contributed by atoms with Gasteiger partial charge in [0.1, 0.15) is 5.75 Å². The van der Waals surface area contributed by atoms with E-state index in [1.807, 2.05) is 54.3 Å². The van der Waals surface area contributed by atoms with Crippen molar-refractivity contribution in [3.8, 4) is 5.75 Å². The molecule has 0 spiro atoms. The molecule has 1 aliphatic rings. The van der Waals surface area contributed by atoms with Crippen molar-refractivity contribution in [2.45, 2.75) is 39.4 Å². The Morgan fingerprint density at radius 3 is 2.53 bits per heavy atom. The van der Waals surface area contributed by atoms with Gasteiger partial charge < -0.3 is 14.4 Å².